The summed E-state index contributed by atoms with van der Waals surface area (Å²) in [5, 5.41) is 8.29. The number of nitrogens with zero attached hydrogens (tertiary/aromatic N) is 2. The summed E-state index contributed by atoms with van der Waals surface area (Å²) in [4.78, 5) is 25.5. The molecule has 0 radical (unpaired) electrons. The molecule has 0 bridgehead atoms. The first-order chi connectivity index (χ1) is 16.2. The fourth-order valence-corrected chi connectivity index (χ4v) is 3.75. The van der Waals surface area contributed by atoms with Crippen LogP contribution in [0.5, 0.6) is 0 Å². The number of nitrogens with one attached hydrogen (secondary N) is 1. The number of aromatic nitrogens is 2. The molecular weight excluding hydrogens is 414 g/mol. The number of hydrogen-bond acceptors (Lipinski definition) is 4. The van der Waals surface area contributed by atoms with Gasteiger partial charge in [0.2, 0.25) is 0 Å². The summed E-state index contributed by atoms with van der Waals surface area (Å²) in [6.07, 6.45) is 0. The highest BCUT2D eigenvalue weighted by molar-refractivity contribution is 5.92. The maximum Gasteiger partial charge on any atom is 0.272 e. The Labute approximate surface area is 190 Å². The van der Waals surface area contributed by atoms with Gasteiger partial charge in [0.25, 0.3) is 11.5 Å². The van der Waals surface area contributed by atoms with E-state index in [9.17, 15) is 9.59 Å². The largest absolute Gasteiger partial charge is 0.459 e. The third-order valence-electron chi connectivity index (χ3n) is 5.41. The molecule has 1 atom stereocenters. The van der Waals surface area contributed by atoms with Gasteiger partial charge in [0.15, 0.2) is 0 Å². The van der Waals surface area contributed by atoms with Crippen LogP contribution in [0, 0.1) is 0 Å². The van der Waals surface area contributed by atoms with Gasteiger partial charge in [0.05, 0.1) is 6.54 Å². The molecule has 1 N–H and O–H groups in total. The first-order valence-electron chi connectivity index (χ1n) is 10.6. The van der Waals surface area contributed by atoms with Crippen LogP contribution in [-0.4, -0.2) is 15.7 Å². The van der Waals surface area contributed by atoms with Crippen molar-refractivity contribution in [3.63, 3.8) is 0 Å². The van der Waals surface area contributed by atoms with E-state index in [1.54, 1.807) is 0 Å². The summed E-state index contributed by atoms with van der Waals surface area (Å²) >= 11 is 0. The molecule has 0 saturated carbocycles. The first-order valence-corrected chi connectivity index (χ1v) is 10.6. The van der Waals surface area contributed by atoms with Gasteiger partial charge in [0.1, 0.15) is 23.1 Å². The molecule has 0 fully saturated rings. The molecule has 0 aliphatic rings. The summed E-state index contributed by atoms with van der Waals surface area (Å²) in [5.41, 5.74) is 2.43. The summed E-state index contributed by atoms with van der Waals surface area (Å²) in [5.74, 6) is 0.222. The Morgan fingerprint density at radius 2 is 1.58 bits per heavy atom. The quantitative estimate of drug-likeness (QED) is 0.424. The molecule has 2 heterocycles. The maximum absolute atomic E-state index is 13.2. The minimum atomic E-state index is -0.512. The van der Waals surface area contributed by atoms with E-state index in [1.807, 2.05) is 91.0 Å². The molecule has 5 rings (SSSR count). The van der Waals surface area contributed by atoms with Gasteiger partial charge in [-0.3, -0.25) is 9.59 Å². The monoisotopic (exact) mass is 435 g/mol. The van der Waals surface area contributed by atoms with E-state index in [-0.39, 0.29) is 17.8 Å². The van der Waals surface area contributed by atoms with Crippen molar-refractivity contribution in [2.24, 2.45) is 0 Å². The molecular formula is C27H21N3O3. The van der Waals surface area contributed by atoms with E-state index in [1.165, 1.54) is 16.8 Å². The second kappa shape index (κ2) is 8.96. The van der Waals surface area contributed by atoms with Crippen molar-refractivity contribution in [2.75, 3.05) is 0 Å². The van der Waals surface area contributed by atoms with E-state index >= 15 is 0 Å². The Bertz CT molecular complexity index is 1420. The minimum absolute atomic E-state index is 0.155. The Balaban J connectivity index is 1.46. The van der Waals surface area contributed by atoms with Crippen LogP contribution < -0.4 is 10.9 Å². The van der Waals surface area contributed by atoms with Crippen molar-refractivity contribution < 1.29 is 9.21 Å². The number of amides is 1. The van der Waals surface area contributed by atoms with Crippen molar-refractivity contribution in [1.82, 2.24) is 15.1 Å². The van der Waals surface area contributed by atoms with Gasteiger partial charge in [0, 0.05) is 11.5 Å². The van der Waals surface area contributed by atoms with Crippen molar-refractivity contribution >= 4 is 16.9 Å². The number of rotatable bonds is 6. The van der Waals surface area contributed by atoms with E-state index in [0.29, 0.717) is 5.76 Å². The Morgan fingerprint density at radius 1 is 0.879 bits per heavy atom. The van der Waals surface area contributed by atoms with Crippen LogP contribution in [0.2, 0.25) is 0 Å². The number of para-hydroxylation sites is 1. The van der Waals surface area contributed by atoms with Crippen LogP contribution in [0.15, 0.2) is 112 Å². The molecule has 0 spiro atoms. The normalized spacial score (nSPS) is 11.9. The second-order valence-corrected chi connectivity index (χ2v) is 7.70. The van der Waals surface area contributed by atoms with Crippen molar-refractivity contribution in [2.45, 2.75) is 12.6 Å². The smallest absolute Gasteiger partial charge is 0.272 e. The molecule has 0 unspecified atom stereocenters. The molecule has 6 nitrogen and oxygen atoms in total. The molecule has 5 aromatic rings. The predicted molar refractivity (Wildman–Crippen MR) is 126 cm³/mol. The van der Waals surface area contributed by atoms with Crippen LogP contribution in [0.3, 0.4) is 0 Å². The average Bonchev–Trinajstić information content (AvgIpc) is 3.29. The maximum atomic E-state index is 13.2. The number of hydrogen-bond donors (Lipinski definition) is 1. The number of carbonyl (C=O) groups excluding carboxylic acids is 1. The van der Waals surface area contributed by atoms with Crippen LogP contribution in [0.4, 0.5) is 0 Å². The fraction of sp³-hybridized carbons (Fsp3) is 0.0741. The van der Waals surface area contributed by atoms with E-state index in [0.717, 1.165) is 22.1 Å². The SMILES string of the molecule is O=C(N[C@@H](c1ccccc1)c1cc2ccccc2o1)c1ccc(=O)n(Cc2ccccc2)n1. The molecule has 6 heteroatoms. The summed E-state index contributed by atoms with van der Waals surface area (Å²) in [6, 6.07) is 31.1. The molecule has 162 valence electrons. The van der Waals surface area contributed by atoms with E-state index < -0.39 is 11.9 Å². The van der Waals surface area contributed by atoms with Crippen molar-refractivity contribution in [1.29, 1.82) is 0 Å². The van der Waals surface area contributed by atoms with Gasteiger partial charge in [-0.15, -0.1) is 0 Å². The van der Waals surface area contributed by atoms with Gasteiger partial charge in [-0.1, -0.05) is 78.9 Å². The average molecular weight is 435 g/mol. The summed E-state index contributed by atoms with van der Waals surface area (Å²) in [6.45, 7) is 0.284. The lowest BCUT2D eigenvalue weighted by molar-refractivity contribution is 0.0931. The molecule has 0 saturated heterocycles. The zero-order valence-electron chi connectivity index (χ0n) is 17.7. The van der Waals surface area contributed by atoms with Crippen molar-refractivity contribution in [3.05, 3.63) is 136 Å². The van der Waals surface area contributed by atoms with Gasteiger partial charge < -0.3 is 9.73 Å². The highest BCUT2D eigenvalue weighted by Gasteiger charge is 2.22. The lowest BCUT2D eigenvalue weighted by Crippen LogP contribution is -2.32. The van der Waals surface area contributed by atoms with E-state index in [2.05, 4.69) is 10.4 Å². The fourth-order valence-electron chi connectivity index (χ4n) is 3.75. The zero-order chi connectivity index (χ0) is 22.6. The van der Waals surface area contributed by atoms with Gasteiger partial charge >= 0.3 is 0 Å². The standard InChI is InChI=1S/C27H21N3O3/c31-25-16-15-22(29-30(25)18-19-9-3-1-4-10-19)27(32)28-26(20-11-5-2-6-12-20)24-17-21-13-7-8-14-23(21)33-24/h1-17,26H,18H2,(H,28,32)/t26-/m0/s1. The highest BCUT2D eigenvalue weighted by atomic mass is 16.3. The van der Waals surface area contributed by atoms with Gasteiger partial charge in [-0.2, -0.15) is 5.10 Å². The molecule has 0 aliphatic heterocycles. The first kappa shape index (κ1) is 20.5. The van der Waals surface area contributed by atoms with E-state index in [4.69, 9.17) is 4.42 Å². The second-order valence-electron chi connectivity index (χ2n) is 7.70. The van der Waals surface area contributed by atoms with Gasteiger partial charge in [-0.05, 0) is 29.3 Å². The lowest BCUT2D eigenvalue weighted by atomic mass is 10.0. The molecule has 0 aliphatic carbocycles. The Kier molecular flexibility index (Phi) is 5.55. The summed E-state index contributed by atoms with van der Waals surface area (Å²) < 4.78 is 7.35. The predicted octanol–water partition coefficient (Wildman–Crippen LogP) is 4.56. The summed E-state index contributed by atoms with van der Waals surface area (Å²) in [7, 11) is 0. The Morgan fingerprint density at radius 3 is 2.33 bits per heavy atom. The molecule has 1 amide bonds. The van der Waals surface area contributed by atoms with Crippen molar-refractivity contribution in [3.8, 4) is 0 Å². The molecule has 33 heavy (non-hydrogen) atoms. The molecule has 3 aromatic carbocycles. The van der Waals surface area contributed by atoms with Crippen LogP contribution >= 0.6 is 0 Å². The zero-order valence-corrected chi connectivity index (χ0v) is 17.7. The van der Waals surface area contributed by atoms with Gasteiger partial charge in [-0.25, -0.2) is 4.68 Å². The number of furan rings is 1. The van der Waals surface area contributed by atoms with Crippen LogP contribution in [0.25, 0.3) is 11.0 Å². The number of carbonyl (C=O) groups is 1. The van der Waals surface area contributed by atoms with Crippen LogP contribution in [-0.2, 0) is 6.54 Å². The number of benzene rings is 3. The number of fused-ring (bicyclic) bond motifs is 1. The highest BCUT2D eigenvalue weighted by Crippen LogP contribution is 2.28. The minimum Gasteiger partial charge on any atom is -0.459 e. The topological polar surface area (TPSA) is 77.1 Å². The lowest BCUT2D eigenvalue weighted by Gasteiger charge is -2.17. The third-order valence-corrected chi connectivity index (χ3v) is 5.41. The van der Waals surface area contributed by atoms with Crippen LogP contribution in [0.1, 0.15) is 33.4 Å². The third kappa shape index (κ3) is 4.45. The Hall–Kier alpha value is -4.45. The molecule has 2 aromatic heterocycles.